The zero-order valence-corrected chi connectivity index (χ0v) is 15.9. The summed E-state index contributed by atoms with van der Waals surface area (Å²) in [5.41, 5.74) is 2.65. The summed E-state index contributed by atoms with van der Waals surface area (Å²) in [5.74, 6) is 1.53. The van der Waals surface area contributed by atoms with Gasteiger partial charge in [0.1, 0.15) is 11.5 Å². The number of hydrogen-bond donors (Lipinski definition) is 0. The second-order valence-corrected chi connectivity index (χ2v) is 7.14. The van der Waals surface area contributed by atoms with Gasteiger partial charge in [0.15, 0.2) is 0 Å². The van der Waals surface area contributed by atoms with Gasteiger partial charge in [-0.25, -0.2) is 0 Å². The number of methoxy groups -OCH3 is 2. The largest absolute Gasteiger partial charge is 0.497 e. The molecule has 0 atom stereocenters. The average molecular weight is 374 g/mol. The van der Waals surface area contributed by atoms with E-state index in [1.54, 1.807) is 26.4 Å². The fourth-order valence-corrected chi connectivity index (χ4v) is 4.34. The lowest BCUT2D eigenvalue weighted by atomic mass is 9.98. The van der Waals surface area contributed by atoms with Crippen molar-refractivity contribution >= 4 is 27.2 Å². The van der Waals surface area contributed by atoms with Crippen LogP contribution in [0.5, 0.6) is 11.5 Å². The average Bonchev–Trinajstić information content (AvgIpc) is 3.12. The molecule has 0 spiro atoms. The molecule has 1 aromatic heterocycles. The number of carbonyl (C=O) groups excluding carboxylic acids is 1. The number of benzene rings is 3. The molecule has 1 heterocycles. The van der Waals surface area contributed by atoms with Gasteiger partial charge in [0.25, 0.3) is 0 Å². The minimum Gasteiger partial charge on any atom is -0.497 e. The lowest BCUT2D eigenvalue weighted by molar-refractivity contribution is 0.104. The van der Waals surface area contributed by atoms with Gasteiger partial charge in [-0.2, -0.15) is 0 Å². The monoisotopic (exact) mass is 374 g/mol. The van der Waals surface area contributed by atoms with E-state index in [1.165, 1.54) is 11.3 Å². The van der Waals surface area contributed by atoms with Crippen molar-refractivity contribution in [3.63, 3.8) is 0 Å². The SMILES string of the molecule is COc1ccc(C(=O)c2sc3cc(OC)ccc3c2-c2ccccc2)cc1. The van der Waals surface area contributed by atoms with Crippen molar-refractivity contribution in [2.75, 3.05) is 14.2 Å². The third-order valence-corrected chi connectivity index (χ3v) is 5.67. The quantitative estimate of drug-likeness (QED) is 0.413. The molecule has 0 fully saturated rings. The van der Waals surface area contributed by atoms with Crippen molar-refractivity contribution < 1.29 is 14.3 Å². The zero-order chi connectivity index (χ0) is 18.8. The summed E-state index contributed by atoms with van der Waals surface area (Å²) in [6.07, 6.45) is 0. The molecule has 0 aliphatic rings. The van der Waals surface area contributed by atoms with Gasteiger partial charge in [0.2, 0.25) is 5.78 Å². The summed E-state index contributed by atoms with van der Waals surface area (Å²) in [5, 5.41) is 1.06. The predicted octanol–water partition coefficient (Wildman–Crippen LogP) is 5.82. The fourth-order valence-electron chi connectivity index (χ4n) is 3.13. The van der Waals surface area contributed by atoms with Crippen LogP contribution in [0.3, 0.4) is 0 Å². The molecule has 0 aliphatic heterocycles. The van der Waals surface area contributed by atoms with Gasteiger partial charge in [-0.1, -0.05) is 30.3 Å². The molecule has 134 valence electrons. The molecule has 0 saturated heterocycles. The maximum atomic E-state index is 13.3. The predicted molar refractivity (Wildman–Crippen MR) is 110 cm³/mol. The van der Waals surface area contributed by atoms with E-state index in [0.29, 0.717) is 5.56 Å². The summed E-state index contributed by atoms with van der Waals surface area (Å²) in [4.78, 5) is 14.0. The minimum absolute atomic E-state index is 0.0108. The molecule has 4 rings (SSSR count). The normalized spacial score (nSPS) is 10.7. The molecule has 0 aliphatic carbocycles. The van der Waals surface area contributed by atoms with E-state index in [0.717, 1.165) is 37.6 Å². The number of carbonyl (C=O) groups is 1. The third kappa shape index (κ3) is 3.20. The van der Waals surface area contributed by atoms with Crippen molar-refractivity contribution in [3.05, 3.63) is 83.2 Å². The van der Waals surface area contributed by atoms with Crippen LogP contribution in [0.15, 0.2) is 72.8 Å². The van der Waals surface area contributed by atoms with Gasteiger partial charge in [-0.05, 0) is 48.0 Å². The Morgan fingerprint density at radius 3 is 2.15 bits per heavy atom. The van der Waals surface area contributed by atoms with Crippen LogP contribution < -0.4 is 9.47 Å². The summed E-state index contributed by atoms with van der Waals surface area (Å²) in [6, 6.07) is 23.2. The van der Waals surface area contributed by atoms with Crippen molar-refractivity contribution in [1.82, 2.24) is 0 Å². The molecular weight excluding hydrogens is 356 g/mol. The standard InChI is InChI=1S/C23H18O3S/c1-25-17-10-8-16(9-11-17)22(24)23-21(15-6-4-3-5-7-15)19-13-12-18(26-2)14-20(19)27-23/h3-14H,1-2H3. The van der Waals surface area contributed by atoms with Crippen LogP contribution in [-0.4, -0.2) is 20.0 Å². The van der Waals surface area contributed by atoms with E-state index in [1.807, 2.05) is 60.7 Å². The van der Waals surface area contributed by atoms with Crippen molar-refractivity contribution in [1.29, 1.82) is 0 Å². The summed E-state index contributed by atoms with van der Waals surface area (Å²) >= 11 is 1.50. The summed E-state index contributed by atoms with van der Waals surface area (Å²) < 4.78 is 11.6. The van der Waals surface area contributed by atoms with Gasteiger partial charge in [-0.15, -0.1) is 11.3 Å². The molecular formula is C23H18O3S. The maximum Gasteiger partial charge on any atom is 0.203 e. The Balaban J connectivity index is 1.91. The number of thiophene rings is 1. The molecule has 4 aromatic rings. The highest BCUT2D eigenvalue weighted by molar-refractivity contribution is 7.21. The van der Waals surface area contributed by atoms with Gasteiger partial charge in [0, 0.05) is 21.2 Å². The van der Waals surface area contributed by atoms with Crippen LogP contribution in [0.2, 0.25) is 0 Å². The Morgan fingerprint density at radius 1 is 0.815 bits per heavy atom. The van der Waals surface area contributed by atoms with E-state index < -0.39 is 0 Å². The molecule has 0 saturated carbocycles. The first-order valence-corrected chi connectivity index (χ1v) is 9.37. The van der Waals surface area contributed by atoms with Gasteiger partial charge >= 0.3 is 0 Å². The Bertz CT molecular complexity index is 1100. The lowest BCUT2D eigenvalue weighted by Crippen LogP contribution is -2.00. The third-order valence-electron chi connectivity index (χ3n) is 4.52. The molecule has 27 heavy (non-hydrogen) atoms. The van der Waals surface area contributed by atoms with Crippen molar-refractivity contribution in [2.24, 2.45) is 0 Å². The van der Waals surface area contributed by atoms with E-state index in [4.69, 9.17) is 9.47 Å². The molecule has 4 heteroatoms. The second kappa shape index (κ2) is 7.25. The Kier molecular flexibility index (Phi) is 4.65. The first-order valence-electron chi connectivity index (χ1n) is 8.56. The lowest BCUT2D eigenvalue weighted by Gasteiger charge is -2.06. The van der Waals surface area contributed by atoms with E-state index >= 15 is 0 Å². The van der Waals surface area contributed by atoms with Gasteiger partial charge in [0.05, 0.1) is 19.1 Å². The second-order valence-electron chi connectivity index (χ2n) is 6.09. The Labute approximate surface area is 161 Å². The maximum absolute atomic E-state index is 13.3. The topological polar surface area (TPSA) is 35.5 Å². The Morgan fingerprint density at radius 2 is 1.48 bits per heavy atom. The van der Waals surface area contributed by atoms with Crippen LogP contribution in [0.1, 0.15) is 15.2 Å². The van der Waals surface area contributed by atoms with Crippen molar-refractivity contribution in [3.8, 4) is 22.6 Å². The molecule has 0 unspecified atom stereocenters. The van der Waals surface area contributed by atoms with Crippen molar-refractivity contribution in [2.45, 2.75) is 0 Å². The highest BCUT2D eigenvalue weighted by Crippen LogP contribution is 2.41. The smallest absolute Gasteiger partial charge is 0.203 e. The summed E-state index contributed by atoms with van der Waals surface area (Å²) in [6.45, 7) is 0. The first-order chi connectivity index (χ1) is 13.2. The van der Waals surface area contributed by atoms with E-state index in [2.05, 4.69) is 0 Å². The molecule has 3 aromatic carbocycles. The van der Waals surface area contributed by atoms with Crippen LogP contribution in [0.25, 0.3) is 21.2 Å². The molecule has 0 bridgehead atoms. The first kappa shape index (κ1) is 17.3. The number of ketones is 1. The molecule has 0 radical (unpaired) electrons. The minimum atomic E-state index is 0.0108. The highest BCUT2D eigenvalue weighted by Gasteiger charge is 2.21. The van der Waals surface area contributed by atoms with Crippen LogP contribution in [0.4, 0.5) is 0 Å². The van der Waals surface area contributed by atoms with Crippen LogP contribution in [0, 0.1) is 0 Å². The van der Waals surface area contributed by atoms with E-state index in [9.17, 15) is 4.79 Å². The number of ether oxygens (including phenoxy) is 2. The number of rotatable bonds is 5. The molecule has 0 amide bonds. The van der Waals surface area contributed by atoms with Crippen LogP contribution in [-0.2, 0) is 0 Å². The molecule has 0 N–H and O–H groups in total. The van der Waals surface area contributed by atoms with Gasteiger partial charge in [-0.3, -0.25) is 4.79 Å². The number of hydrogen-bond acceptors (Lipinski definition) is 4. The Hall–Kier alpha value is -3.11. The summed E-state index contributed by atoms with van der Waals surface area (Å²) in [7, 11) is 3.26. The highest BCUT2D eigenvalue weighted by atomic mass is 32.1. The van der Waals surface area contributed by atoms with E-state index in [-0.39, 0.29) is 5.78 Å². The van der Waals surface area contributed by atoms with Crippen LogP contribution >= 0.6 is 11.3 Å². The zero-order valence-electron chi connectivity index (χ0n) is 15.1. The molecule has 3 nitrogen and oxygen atoms in total. The van der Waals surface area contributed by atoms with Gasteiger partial charge < -0.3 is 9.47 Å². The number of fused-ring (bicyclic) bond motifs is 1. The fraction of sp³-hybridized carbons (Fsp3) is 0.0870.